The highest BCUT2D eigenvalue weighted by atomic mass is 32.2. The number of terminal acetylenes is 1. The van der Waals surface area contributed by atoms with Crippen molar-refractivity contribution in [1.82, 2.24) is 5.32 Å². The Morgan fingerprint density at radius 2 is 2.10 bits per heavy atom. The van der Waals surface area contributed by atoms with Gasteiger partial charge in [-0.2, -0.15) is 0 Å². The number of carbonyl (C=O) groups excluding carboxylic acids is 2. The lowest BCUT2D eigenvalue weighted by Gasteiger charge is -2.07. The van der Waals surface area contributed by atoms with E-state index in [1.54, 1.807) is 6.92 Å². The van der Waals surface area contributed by atoms with Crippen LogP contribution in [-0.2, 0) is 19.6 Å². The van der Waals surface area contributed by atoms with Crippen molar-refractivity contribution in [3.63, 3.8) is 0 Å². The number of primary sulfonamides is 1. The van der Waals surface area contributed by atoms with Crippen LogP contribution in [0.4, 0.5) is 0 Å². The summed E-state index contributed by atoms with van der Waals surface area (Å²) in [5.74, 6) is 0.802. The zero-order valence-corrected chi connectivity index (χ0v) is 12.1. The first-order valence-corrected chi connectivity index (χ1v) is 7.31. The first-order valence-electron chi connectivity index (χ1n) is 5.76. The molecule has 0 aliphatic heterocycles. The monoisotopic (exact) mass is 310 g/mol. The van der Waals surface area contributed by atoms with E-state index in [4.69, 9.17) is 16.3 Å². The van der Waals surface area contributed by atoms with Crippen molar-refractivity contribution in [2.75, 3.05) is 13.2 Å². The second-order valence-electron chi connectivity index (χ2n) is 4.08. The average Bonchev–Trinajstić information content (AvgIpc) is 2.41. The molecule has 1 rings (SSSR count). The number of esters is 1. The molecule has 0 saturated carbocycles. The normalized spacial score (nSPS) is 10.5. The highest BCUT2D eigenvalue weighted by Gasteiger charge is 2.16. The van der Waals surface area contributed by atoms with E-state index in [9.17, 15) is 18.0 Å². The predicted molar refractivity (Wildman–Crippen MR) is 74.7 cm³/mol. The molecule has 1 aromatic rings. The molecule has 8 heteroatoms. The molecule has 112 valence electrons. The molecular formula is C13H14N2O5S. The fourth-order valence-corrected chi connectivity index (χ4v) is 2.26. The van der Waals surface area contributed by atoms with Crippen molar-refractivity contribution < 1.29 is 22.7 Å². The number of hydrogen-bond acceptors (Lipinski definition) is 5. The van der Waals surface area contributed by atoms with Crippen LogP contribution >= 0.6 is 0 Å². The lowest BCUT2D eigenvalue weighted by Crippen LogP contribution is -2.29. The quantitative estimate of drug-likeness (QED) is 0.564. The highest BCUT2D eigenvalue weighted by Crippen LogP contribution is 2.16. The van der Waals surface area contributed by atoms with Gasteiger partial charge in [-0.15, -0.1) is 6.42 Å². The third kappa shape index (κ3) is 4.91. The van der Waals surface area contributed by atoms with Crippen LogP contribution in [0, 0.1) is 19.3 Å². The van der Waals surface area contributed by atoms with Crippen LogP contribution in [0.15, 0.2) is 23.1 Å². The maximum absolute atomic E-state index is 11.7. The summed E-state index contributed by atoms with van der Waals surface area (Å²) in [7, 11) is -3.94. The highest BCUT2D eigenvalue weighted by molar-refractivity contribution is 7.89. The van der Waals surface area contributed by atoms with E-state index in [2.05, 4.69) is 11.2 Å². The van der Waals surface area contributed by atoms with Gasteiger partial charge in [-0.05, 0) is 24.6 Å². The van der Waals surface area contributed by atoms with Gasteiger partial charge in [0.1, 0.15) is 0 Å². The number of sulfonamides is 1. The molecule has 0 atom stereocenters. The van der Waals surface area contributed by atoms with Gasteiger partial charge in [0, 0.05) is 0 Å². The van der Waals surface area contributed by atoms with Crippen LogP contribution in [0.3, 0.4) is 0 Å². The summed E-state index contributed by atoms with van der Waals surface area (Å²) in [6, 6.07) is 3.91. The Morgan fingerprint density at radius 3 is 2.67 bits per heavy atom. The molecule has 0 radical (unpaired) electrons. The van der Waals surface area contributed by atoms with Crippen molar-refractivity contribution in [3.8, 4) is 12.3 Å². The number of nitrogens with two attached hydrogens (primary N) is 1. The Hall–Kier alpha value is -2.37. The van der Waals surface area contributed by atoms with Crippen LogP contribution in [0.1, 0.15) is 15.9 Å². The van der Waals surface area contributed by atoms with E-state index in [1.807, 2.05) is 0 Å². The topological polar surface area (TPSA) is 116 Å². The minimum Gasteiger partial charge on any atom is -0.452 e. The van der Waals surface area contributed by atoms with Gasteiger partial charge in [-0.25, -0.2) is 18.4 Å². The number of nitrogens with one attached hydrogen (secondary N) is 1. The molecule has 0 heterocycles. The van der Waals surface area contributed by atoms with Crippen molar-refractivity contribution in [3.05, 3.63) is 29.3 Å². The molecule has 0 spiro atoms. The number of ether oxygens (including phenoxy) is 1. The SMILES string of the molecule is C#CCNC(=O)COC(=O)c1ccc(C)c(S(N)(=O)=O)c1. The number of carbonyl (C=O) groups is 2. The van der Waals surface area contributed by atoms with Crippen LogP contribution < -0.4 is 10.5 Å². The Kier molecular flexibility index (Phi) is 5.46. The lowest BCUT2D eigenvalue weighted by atomic mass is 10.1. The molecule has 0 aromatic heterocycles. The van der Waals surface area contributed by atoms with E-state index in [0.717, 1.165) is 6.07 Å². The van der Waals surface area contributed by atoms with Gasteiger partial charge in [0.15, 0.2) is 6.61 Å². The zero-order valence-electron chi connectivity index (χ0n) is 11.3. The summed E-state index contributed by atoms with van der Waals surface area (Å²) in [5, 5.41) is 7.36. The van der Waals surface area contributed by atoms with Crippen LogP contribution in [0.5, 0.6) is 0 Å². The van der Waals surface area contributed by atoms with Gasteiger partial charge in [-0.1, -0.05) is 12.0 Å². The van der Waals surface area contributed by atoms with E-state index in [1.165, 1.54) is 12.1 Å². The number of hydrogen-bond donors (Lipinski definition) is 2. The van der Waals surface area contributed by atoms with Gasteiger partial charge >= 0.3 is 5.97 Å². The Balaban J connectivity index is 2.81. The molecule has 0 saturated heterocycles. The lowest BCUT2D eigenvalue weighted by molar-refractivity contribution is -0.123. The van der Waals surface area contributed by atoms with Crippen molar-refractivity contribution in [2.24, 2.45) is 5.14 Å². The third-order valence-corrected chi connectivity index (χ3v) is 3.51. The van der Waals surface area contributed by atoms with Gasteiger partial charge in [0.05, 0.1) is 17.0 Å². The maximum atomic E-state index is 11.7. The van der Waals surface area contributed by atoms with Crippen molar-refractivity contribution >= 4 is 21.9 Å². The first-order chi connectivity index (χ1) is 9.75. The van der Waals surface area contributed by atoms with Gasteiger partial charge in [0.2, 0.25) is 10.0 Å². The Labute approximate surface area is 122 Å². The standard InChI is InChI=1S/C13H14N2O5S/c1-3-6-15-12(16)8-20-13(17)10-5-4-9(2)11(7-10)21(14,18)19/h1,4-5,7H,6,8H2,2H3,(H,15,16)(H2,14,18,19). The molecule has 21 heavy (non-hydrogen) atoms. The van der Waals surface area contributed by atoms with Crippen LogP contribution in [-0.4, -0.2) is 33.4 Å². The molecule has 0 unspecified atom stereocenters. The summed E-state index contributed by atoms with van der Waals surface area (Å²) in [6.45, 7) is 1.05. The molecule has 0 aliphatic carbocycles. The fourth-order valence-electron chi connectivity index (χ4n) is 1.45. The van der Waals surface area contributed by atoms with Crippen molar-refractivity contribution in [1.29, 1.82) is 0 Å². The molecule has 0 fully saturated rings. The van der Waals surface area contributed by atoms with E-state index < -0.39 is 28.5 Å². The smallest absolute Gasteiger partial charge is 0.338 e. The maximum Gasteiger partial charge on any atom is 0.338 e. The summed E-state index contributed by atoms with van der Waals surface area (Å²) in [6.07, 6.45) is 4.95. The number of benzene rings is 1. The second-order valence-corrected chi connectivity index (χ2v) is 5.61. The number of aryl methyl sites for hydroxylation is 1. The Bertz CT molecular complexity index is 704. The molecule has 7 nitrogen and oxygen atoms in total. The van der Waals surface area contributed by atoms with E-state index in [0.29, 0.717) is 5.56 Å². The average molecular weight is 310 g/mol. The largest absolute Gasteiger partial charge is 0.452 e. The van der Waals surface area contributed by atoms with E-state index >= 15 is 0 Å². The third-order valence-electron chi connectivity index (χ3n) is 2.45. The minimum absolute atomic E-state index is 0.0191. The van der Waals surface area contributed by atoms with E-state index in [-0.39, 0.29) is 17.0 Å². The molecule has 1 aromatic carbocycles. The van der Waals surface area contributed by atoms with Crippen LogP contribution in [0.2, 0.25) is 0 Å². The molecular weight excluding hydrogens is 296 g/mol. The zero-order chi connectivity index (χ0) is 16.0. The second kappa shape index (κ2) is 6.88. The van der Waals surface area contributed by atoms with Gasteiger partial charge < -0.3 is 10.1 Å². The fraction of sp³-hybridized carbons (Fsp3) is 0.231. The van der Waals surface area contributed by atoms with Crippen LogP contribution in [0.25, 0.3) is 0 Å². The summed E-state index contributed by atoms with van der Waals surface area (Å²) in [4.78, 5) is 22.8. The molecule has 1 amide bonds. The molecule has 0 aliphatic rings. The summed E-state index contributed by atoms with van der Waals surface area (Å²) >= 11 is 0. The molecule has 3 N–H and O–H groups in total. The minimum atomic E-state index is -3.94. The summed E-state index contributed by atoms with van der Waals surface area (Å²) in [5.41, 5.74) is 0.384. The predicted octanol–water partition coefficient (Wildman–Crippen LogP) is -0.451. The number of rotatable bonds is 5. The number of amides is 1. The van der Waals surface area contributed by atoms with Gasteiger partial charge in [0.25, 0.3) is 5.91 Å². The summed E-state index contributed by atoms with van der Waals surface area (Å²) < 4.78 is 27.5. The van der Waals surface area contributed by atoms with Gasteiger partial charge in [-0.3, -0.25) is 4.79 Å². The molecule has 0 bridgehead atoms. The van der Waals surface area contributed by atoms with Crippen molar-refractivity contribution in [2.45, 2.75) is 11.8 Å². The Morgan fingerprint density at radius 1 is 1.43 bits per heavy atom. The first kappa shape index (κ1) is 16.7.